The van der Waals surface area contributed by atoms with Gasteiger partial charge >= 0.3 is 6.09 Å². The van der Waals surface area contributed by atoms with Crippen molar-refractivity contribution in [1.29, 1.82) is 0 Å². The minimum atomic E-state index is -0.642. The maximum Gasteiger partial charge on any atom is 0.410 e. The van der Waals surface area contributed by atoms with Crippen molar-refractivity contribution in [3.05, 3.63) is 78.0 Å². The number of piperazine rings is 1. The Morgan fingerprint density at radius 3 is 2.20 bits per heavy atom. The Kier molecular flexibility index (Phi) is 8.67. The second kappa shape index (κ2) is 12.0. The Bertz CT molecular complexity index is 1340. The Hall–Kier alpha value is -4.07. The number of amides is 3. The van der Waals surface area contributed by atoms with Crippen LogP contribution in [0.15, 0.2) is 66.7 Å². The monoisotopic (exact) mass is 544 g/mol. The first-order valence-corrected chi connectivity index (χ1v) is 13.9. The summed E-state index contributed by atoms with van der Waals surface area (Å²) >= 11 is 0. The number of aryl methyl sites for hydroxylation is 1. The molecule has 1 aliphatic heterocycles. The Balaban J connectivity index is 1.73. The number of aromatic nitrogens is 1. The molecule has 1 N–H and O–H groups in total. The Morgan fingerprint density at radius 2 is 1.60 bits per heavy atom. The summed E-state index contributed by atoms with van der Waals surface area (Å²) in [5.41, 5.74) is 3.53. The lowest BCUT2D eigenvalue weighted by Gasteiger charge is -2.41. The molecule has 1 fully saturated rings. The van der Waals surface area contributed by atoms with E-state index in [0.29, 0.717) is 18.7 Å². The molecule has 3 amide bonds. The topological polar surface area (TPSA) is 83.9 Å². The van der Waals surface area contributed by atoms with Crippen LogP contribution in [0.3, 0.4) is 0 Å². The molecule has 0 spiro atoms. The SMILES string of the molecule is Cc1cc(C(=O)N2CCN(C(=O)OC(C)(C)C)CC2CC(=O)NC(C)C)c(-c2ccccc2)n1-c1ccccc1. The minimum absolute atomic E-state index is 0.0329. The minimum Gasteiger partial charge on any atom is -0.444 e. The molecule has 0 saturated carbocycles. The van der Waals surface area contributed by atoms with Crippen LogP contribution in [0.5, 0.6) is 0 Å². The van der Waals surface area contributed by atoms with E-state index < -0.39 is 17.7 Å². The zero-order valence-electron chi connectivity index (χ0n) is 24.3. The van der Waals surface area contributed by atoms with E-state index in [1.807, 2.05) is 108 Å². The lowest BCUT2D eigenvalue weighted by Crippen LogP contribution is -2.58. The predicted octanol–water partition coefficient (Wildman–Crippen LogP) is 5.43. The van der Waals surface area contributed by atoms with Crippen molar-refractivity contribution >= 4 is 17.9 Å². The summed E-state index contributed by atoms with van der Waals surface area (Å²) in [6.07, 6.45) is -0.354. The molecule has 40 heavy (non-hydrogen) atoms. The van der Waals surface area contributed by atoms with E-state index in [9.17, 15) is 14.4 Å². The summed E-state index contributed by atoms with van der Waals surface area (Å²) in [5.74, 6) is -0.326. The van der Waals surface area contributed by atoms with Gasteiger partial charge in [0.05, 0.1) is 17.3 Å². The van der Waals surface area contributed by atoms with Crippen LogP contribution < -0.4 is 5.32 Å². The molecular weight excluding hydrogens is 504 g/mol. The highest BCUT2D eigenvalue weighted by molar-refractivity contribution is 6.01. The van der Waals surface area contributed by atoms with Gasteiger partial charge < -0.3 is 24.4 Å². The second-order valence-corrected chi connectivity index (χ2v) is 11.6. The number of hydrogen-bond donors (Lipinski definition) is 1. The number of rotatable bonds is 6. The molecule has 1 aliphatic rings. The normalized spacial score (nSPS) is 15.7. The molecule has 2 aromatic carbocycles. The van der Waals surface area contributed by atoms with Crippen molar-refractivity contribution < 1.29 is 19.1 Å². The van der Waals surface area contributed by atoms with Crippen molar-refractivity contribution in [3.8, 4) is 16.9 Å². The molecule has 0 aliphatic carbocycles. The van der Waals surface area contributed by atoms with Crippen LogP contribution in [-0.4, -0.2) is 69.6 Å². The van der Waals surface area contributed by atoms with Gasteiger partial charge in [0.15, 0.2) is 0 Å². The van der Waals surface area contributed by atoms with E-state index in [1.165, 1.54) is 0 Å². The standard InChI is InChI=1S/C32H40N4O4/c1-22(2)33-28(37)20-26-21-34(31(39)40-32(4,5)6)17-18-35(26)30(38)27-19-23(3)36(25-15-11-8-12-16-25)29(27)24-13-9-7-10-14-24/h7-16,19,22,26H,17-18,20-21H2,1-6H3,(H,33,37). The van der Waals surface area contributed by atoms with E-state index in [2.05, 4.69) is 9.88 Å². The predicted molar refractivity (Wildman–Crippen MR) is 156 cm³/mol. The first kappa shape index (κ1) is 28.9. The Labute approximate surface area is 236 Å². The fourth-order valence-electron chi connectivity index (χ4n) is 5.13. The van der Waals surface area contributed by atoms with Gasteiger partial charge in [-0.2, -0.15) is 0 Å². The quantitative estimate of drug-likeness (QED) is 0.449. The molecule has 1 saturated heterocycles. The maximum absolute atomic E-state index is 14.4. The van der Waals surface area contributed by atoms with Crippen molar-refractivity contribution in [2.24, 2.45) is 0 Å². The number of nitrogens with zero attached hydrogens (tertiary/aromatic N) is 3. The van der Waals surface area contributed by atoms with Crippen LogP contribution >= 0.6 is 0 Å². The molecule has 212 valence electrons. The molecule has 2 heterocycles. The van der Waals surface area contributed by atoms with E-state index in [1.54, 1.807) is 9.80 Å². The molecule has 4 rings (SSSR count). The van der Waals surface area contributed by atoms with Gasteiger partial charge in [-0.05, 0) is 65.3 Å². The number of hydrogen-bond acceptors (Lipinski definition) is 4. The maximum atomic E-state index is 14.4. The zero-order chi connectivity index (χ0) is 29.0. The highest BCUT2D eigenvalue weighted by Crippen LogP contribution is 2.33. The molecule has 0 radical (unpaired) electrons. The molecular formula is C32H40N4O4. The highest BCUT2D eigenvalue weighted by atomic mass is 16.6. The summed E-state index contributed by atoms with van der Waals surface area (Å²) < 4.78 is 7.70. The molecule has 8 nitrogen and oxygen atoms in total. The van der Waals surface area contributed by atoms with E-state index in [4.69, 9.17) is 4.74 Å². The lowest BCUT2D eigenvalue weighted by molar-refractivity contribution is -0.123. The van der Waals surface area contributed by atoms with Crippen LogP contribution in [0, 0.1) is 6.92 Å². The van der Waals surface area contributed by atoms with Crippen molar-refractivity contribution in [2.45, 2.75) is 65.6 Å². The third kappa shape index (κ3) is 6.73. The average Bonchev–Trinajstić information content (AvgIpc) is 3.24. The summed E-state index contributed by atoms with van der Waals surface area (Å²) in [6.45, 7) is 12.1. The average molecular weight is 545 g/mol. The number of ether oxygens (including phenoxy) is 1. The van der Waals surface area contributed by atoms with Crippen LogP contribution in [0.2, 0.25) is 0 Å². The smallest absolute Gasteiger partial charge is 0.410 e. The van der Waals surface area contributed by atoms with E-state index >= 15 is 0 Å². The molecule has 1 aromatic heterocycles. The van der Waals surface area contributed by atoms with E-state index in [-0.39, 0.29) is 30.8 Å². The Morgan fingerprint density at radius 1 is 0.975 bits per heavy atom. The van der Waals surface area contributed by atoms with Crippen LogP contribution in [0.4, 0.5) is 4.79 Å². The van der Waals surface area contributed by atoms with Gasteiger partial charge in [0.1, 0.15) is 5.60 Å². The van der Waals surface area contributed by atoms with Gasteiger partial charge in [0.25, 0.3) is 5.91 Å². The number of carbonyl (C=O) groups excluding carboxylic acids is 3. The van der Waals surface area contributed by atoms with E-state index in [0.717, 1.165) is 22.6 Å². The third-order valence-corrected chi connectivity index (χ3v) is 6.74. The van der Waals surface area contributed by atoms with Gasteiger partial charge in [0, 0.05) is 43.5 Å². The summed E-state index contributed by atoms with van der Waals surface area (Å²) in [6, 6.07) is 21.2. The largest absolute Gasteiger partial charge is 0.444 e. The molecule has 1 unspecified atom stereocenters. The summed E-state index contributed by atoms with van der Waals surface area (Å²) in [7, 11) is 0. The molecule has 3 aromatic rings. The fourth-order valence-corrected chi connectivity index (χ4v) is 5.13. The van der Waals surface area contributed by atoms with Crippen molar-refractivity contribution in [1.82, 2.24) is 19.7 Å². The van der Waals surface area contributed by atoms with Gasteiger partial charge in [-0.25, -0.2) is 4.79 Å². The van der Waals surface area contributed by atoms with Gasteiger partial charge in [-0.1, -0.05) is 48.5 Å². The third-order valence-electron chi connectivity index (χ3n) is 6.74. The first-order valence-electron chi connectivity index (χ1n) is 13.9. The highest BCUT2D eigenvalue weighted by Gasteiger charge is 2.37. The van der Waals surface area contributed by atoms with Gasteiger partial charge in [-0.3, -0.25) is 9.59 Å². The molecule has 8 heteroatoms. The number of nitrogens with one attached hydrogen (secondary N) is 1. The van der Waals surface area contributed by atoms with Gasteiger partial charge in [0.2, 0.25) is 5.91 Å². The molecule has 0 bridgehead atoms. The number of para-hydroxylation sites is 1. The van der Waals surface area contributed by atoms with Crippen LogP contribution in [-0.2, 0) is 9.53 Å². The first-order chi connectivity index (χ1) is 18.9. The fraction of sp³-hybridized carbons (Fsp3) is 0.406. The lowest BCUT2D eigenvalue weighted by atomic mass is 10.0. The number of benzene rings is 2. The zero-order valence-corrected chi connectivity index (χ0v) is 24.3. The summed E-state index contributed by atoms with van der Waals surface area (Å²) in [5, 5.41) is 2.93. The molecule has 1 atom stereocenters. The van der Waals surface area contributed by atoms with Crippen molar-refractivity contribution in [3.63, 3.8) is 0 Å². The van der Waals surface area contributed by atoms with Crippen LogP contribution in [0.1, 0.15) is 57.1 Å². The van der Waals surface area contributed by atoms with Gasteiger partial charge in [-0.15, -0.1) is 0 Å². The second-order valence-electron chi connectivity index (χ2n) is 11.6. The van der Waals surface area contributed by atoms with Crippen molar-refractivity contribution in [2.75, 3.05) is 19.6 Å². The number of carbonyl (C=O) groups is 3. The van der Waals surface area contributed by atoms with Crippen LogP contribution in [0.25, 0.3) is 16.9 Å². The summed E-state index contributed by atoms with van der Waals surface area (Å²) in [4.78, 5) is 43.5.